The molecule has 2 aromatic rings. The van der Waals surface area contributed by atoms with Crippen molar-refractivity contribution in [2.75, 3.05) is 7.11 Å². The minimum absolute atomic E-state index is 0.129. The van der Waals surface area contributed by atoms with Crippen LogP contribution >= 0.6 is 11.3 Å². The van der Waals surface area contributed by atoms with E-state index in [4.69, 9.17) is 4.74 Å². The summed E-state index contributed by atoms with van der Waals surface area (Å²) >= 11 is 1.47. The zero-order chi connectivity index (χ0) is 17.0. The number of Topliss-reactive ketones (excluding diaryl/α,β-unsaturated/α-hetero) is 1. The Bertz CT molecular complexity index is 775. The van der Waals surface area contributed by atoms with E-state index in [1.54, 1.807) is 34.0 Å². The van der Waals surface area contributed by atoms with Crippen molar-refractivity contribution in [2.24, 2.45) is 5.41 Å². The van der Waals surface area contributed by atoms with Crippen LogP contribution in [0.1, 0.15) is 26.5 Å². The Labute approximate surface area is 140 Å². The third kappa shape index (κ3) is 4.05. The minimum Gasteiger partial charge on any atom is -0.497 e. The molecule has 0 aliphatic carbocycles. The molecule has 0 saturated heterocycles. The maximum Gasteiger partial charge on any atom is 0.178 e. The molecule has 1 aromatic carbocycles. The average molecular weight is 326 g/mol. The molecule has 0 atom stereocenters. The largest absolute Gasteiger partial charge is 0.497 e. The standard InChI is InChI=1S/C18H18N2O2S/c1-18(2,3)16(21)13(10-19)9-14-11-23-17(20-14)12-5-7-15(22-4)8-6-12/h5-9,11H,1-4H3/b13-9-. The number of ketones is 1. The quantitative estimate of drug-likeness (QED) is 0.619. The maximum atomic E-state index is 12.2. The second-order valence-electron chi connectivity index (χ2n) is 6.05. The summed E-state index contributed by atoms with van der Waals surface area (Å²) < 4.78 is 5.14. The molecule has 0 fully saturated rings. The van der Waals surface area contributed by atoms with Crippen LogP contribution in [0.2, 0.25) is 0 Å². The van der Waals surface area contributed by atoms with Crippen LogP contribution in [0.25, 0.3) is 16.6 Å². The van der Waals surface area contributed by atoms with Crippen molar-refractivity contribution in [3.8, 4) is 22.4 Å². The number of methoxy groups -OCH3 is 1. The van der Waals surface area contributed by atoms with Gasteiger partial charge in [0.2, 0.25) is 0 Å². The summed E-state index contributed by atoms with van der Waals surface area (Å²) in [5.74, 6) is 0.604. The molecule has 0 bridgehead atoms. The van der Waals surface area contributed by atoms with Crippen molar-refractivity contribution in [1.29, 1.82) is 5.26 Å². The molecule has 0 spiro atoms. The van der Waals surface area contributed by atoms with Gasteiger partial charge in [0.25, 0.3) is 0 Å². The first kappa shape index (κ1) is 16.9. The van der Waals surface area contributed by atoms with Crippen molar-refractivity contribution in [3.63, 3.8) is 0 Å². The van der Waals surface area contributed by atoms with E-state index < -0.39 is 5.41 Å². The predicted octanol–water partition coefficient (Wildman–Crippen LogP) is 4.34. The molecule has 5 heteroatoms. The Morgan fingerprint density at radius 2 is 1.96 bits per heavy atom. The van der Waals surface area contributed by atoms with E-state index in [1.807, 2.05) is 35.7 Å². The molecule has 0 radical (unpaired) electrons. The molecule has 1 aromatic heterocycles. The summed E-state index contributed by atoms with van der Waals surface area (Å²) in [6, 6.07) is 9.58. The van der Waals surface area contributed by atoms with E-state index in [-0.39, 0.29) is 11.4 Å². The molecule has 0 aliphatic heterocycles. The van der Waals surface area contributed by atoms with Crippen LogP contribution in [-0.2, 0) is 4.79 Å². The predicted molar refractivity (Wildman–Crippen MR) is 92.2 cm³/mol. The van der Waals surface area contributed by atoms with Gasteiger partial charge in [0.15, 0.2) is 5.78 Å². The van der Waals surface area contributed by atoms with Gasteiger partial charge in [-0.3, -0.25) is 4.79 Å². The number of benzene rings is 1. The zero-order valence-corrected chi connectivity index (χ0v) is 14.4. The summed E-state index contributed by atoms with van der Waals surface area (Å²) in [5.41, 5.74) is 1.13. The van der Waals surface area contributed by atoms with Crippen LogP contribution in [0.4, 0.5) is 0 Å². The summed E-state index contributed by atoms with van der Waals surface area (Å²) in [6.07, 6.45) is 1.55. The lowest BCUT2D eigenvalue weighted by atomic mass is 9.86. The Morgan fingerprint density at radius 1 is 1.30 bits per heavy atom. The Hall–Kier alpha value is -2.45. The summed E-state index contributed by atoms with van der Waals surface area (Å²) in [5, 5.41) is 11.9. The van der Waals surface area contributed by atoms with Crippen LogP contribution < -0.4 is 4.74 Å². The SMILES string of the molecule is COc1ccc(-c2nc(/C=C(/C#N)C(=O)C(C)(C)C)cs2)cc1. The van der Waals surface area contributed by atoms with E-state index in [0.717, 1.165) is 16.3 Å². The lowest BCUT2D eigenvalue weighted by molar-refractivity contribution is -0.121. The number of carbonyl (C=O) groups is 1. The highest BCUT2D eigenvalue weighted by molar-refractivity contribution is 7.13. The second-order valence-corrected chi connectivity index (χ2v) is 6.91. The molecular formula is C18H18N2O2S. The van der Waals surface area contributed by atoms with Crippen molar-refractivity contribution >= 4 is 23.2 Å². The van der Waals surface area contributed by atoms with Gasteiger partial charge in [-0.15, -0.1) is 11.3 Å². The summed E-state index contributed by atoms with van der Waals surface area (Å²) in [6.45, 7) is 5.39. The van der Waals surface area contributed by atoms with Gasteiger partial charge in [0.1, 0.15) is 16.8 Å². The van der Waals surface area contributed by atoms with Crippen molar-refractivity contribution in [3.05, 3.63) is 40.9 Å². The molecule has 4 nitrogen and oxygen atoms in total. The van der Waals surface area contributed by atoms with E-state index in [2.05, 4.69) is 4.98 Å². The fraction of sp³-hybridized carbons (Fsp3) is 0.278. The molecule has 1 heterocycles. The normalized spacial score (nSPS) is 11.9. The number of allylic oxidation sites excluding steroid dienone is 1. The number of carbonyl (C=O) groups excluding carboxylic acids is 1. The zero-order valence-electron chi connectivity index (χ0n) is 13.6. The van der Waals surface area contributed by atoms with E-state index in [1.165, 1.54) is 11.3 Å². The summed E-state index contributed by atoms with van der Waals surface area (Å²) in [4.78, 5) is 16.7. The smallest absolute Gasteiger partial charge is 0.178 e. The highest BCUT2D eigenvalue weighted by atomic mass is 32.1. The molecule has 0 amide bonds. The number of thiazole rings is 1. The van der Waals surface area contributed by atoms with E-state index in [0.29, 0.717) is 5.69 Å². The van der Waals surface area contributed by atoms with Crippen LogP contribution in [-0.4, -0.2) is 17.9 Å². The first-order valence-corrected chi connectivity index (χ1v) is 7.99. The van der Waals surface area contributed by atoms with Crippen molar-refractivity contribution in [2.45, 2.75) is 20.8 Å². The first-order valence-electron chi connectivity index (χ1n) is 7.11. The van der Waals surface area contributed by atoms with Gasteiger partial charge in [-0.05, 0) is 30.3 Å². The maximum absolute atomic E-state index is 12.2. The van der Waals surface area contributed by atoms with Gasteiger partial charge in [-0.2, -0.15) is 5.26 Å². The fourth-order valence-electron chi connectivity index (χ4n) is 1.92. The number of hydrogen-bond donors (Lipinski definition) is 0. The first-order chi connectivity index (χ1) is 10.8. The van der Waals surface area contributed by atoms with Crippen LogP contribution in [0.3, 0.4) is 0 Å². The Morgan fingerprint density at radius 3 is 2.48 bits per heavy atom. The van der Waals surface area contributed by atoms with Gasteiger partial charge in [0, 0.05) is 16.4 Å². The highest BCUT2D eigenvalue weighted by Gasteiger charge is 2.25. The number of nitrogens with zero attached hydrogens (tertiary/aromatic N) is 2. The lowest BCUT2D eigenvalue weighted by Gasteiger charge is -2.15. The third-order valence-electron chi connectivity index (χ3n) is 3.20. The molecule has 2 rings (SSSR count). The van der Waals surface area contributed by atoms with Crippen LogP contribution in [0.5, 0.6) is 5.75 Å². The minimum atomic E-state index is -0.587. The van der Waals surface area contributed by atoms with E-state index in [9.17, 15) is 10.1 Å². The molecule has 0 N–H and O–H groups in total. The number of rotatable bonds is 4. The average Bonchev–Trinajstić information content (AvgIpc) is 2.99. The van der Waals surface area contributed by atoms with Gasteiger partial charge < -0.3 is 4.74 Å². The molecular weight excluding hydrogens is 308 g/mol. The van der Waals surface area contributed by atoms with E-state index >= 15 is 0 Å². The van der Waals surface area contributed by atoms with Crippen LogP contribution in [0.15, 0.2) is 35.2 Å². The topological polar surface area (TPSA) is 63.0 Å². The Kier molecular flexibility index (Phi) is 4.97. The number of nitriles is 1. The monoisotopic (exact) mass is 326 g/mol. The van der Waals surface area contributed by atoms with Gasteiger partial charge >= 0.3 is 0 Å². The second kappa shape index (κ2) is 6.76. The third-order valence-corrected chi connectivity index (χ3v) is 4.11. The molecule has 118 valence electrons. The van der Waals surface area contributed by atoms with Crippen LogP contribution in [0, 0.1) is 16.7 Å². The molecule has 0 unspecified atom stereocenters. The van der Waals surface area contributed by atoms with Gasteiger partial charge in [0.05, 0.1) is 18.4 Å². The van der Waals surface area contributed by atoms with Crippen molar-refractivity contribution in [1.82, 2.24) is 4.98 Å². The number of hydrogen-bond acceptors (Lipinski definition) is 5. The Balaban J connectivity index is 2.29. The molecule has 0 aliphatic rings. The number of aromatic nitrogens is 1. The molecule has 0 saturated carbocycles. The summed E-state index contributed by atoms with van der Waals surface area (Å²) in [7, 11) is 1.62. The van der Waals surface area contributed by atoms with Crippen molar-refractivity contribution < 1.29 is 9.53 Å². The fourth-order valence-corrected chi connectivity index (χ4v) is 2.70. The number of ether oxygens (including phenoxy) is 1. The van der Waals surface area contributed by atoms with Gasteiger partial charge in [-0.1, -0.05) is 20.8 Å². The highest BCUT2D eigenvalue weighted by Crippen LogP contribution is 2.27. The van der Waals surface area contributed by atoms with Gasteiger partial charge in [-0.25, -0.2) is 4.98 Å². The molecule has 23 heavy (non-hydrogen) atoms. The lowest BCUT2D eigenvalue weighted by Crippen LogP contribution is -2.21.